The first-order chi connectivity index (χ1) is 7.36. The second-order valence-electron chi connectivity index (χ2n) is 3.95. The summed E-state index contributed by atoms with van der Waals surface area (Å²) in [6, 6.07) is 8.67. The maximum atomic E-state index is 5.88. The van der Waals surface area contributed by atoms with E-state index >= 15 is 0 Å². The van der Waals surface area contributed by atoms with Gasteiger partial charge in [-0.2, -0.15) is 0 Å². The van der Waals surface area contributed by atoms with E-state index < -0.39 is 0 Å². The molecule has 0 radical (unpaired) electrons. The Hall–Kier alpha value is -0.570. The molecule has 3 heteroatoms. The molecule has 0 bridgehead atoms. The van der Waals surface area contributed by atoms with Crippen molar-refractivity contribution in [2.75, 3.05) is 19.6 Å². The minimum Gasteiger partial charge on any atom is -0.315 e. The van der Waals surface area contributed by atoms with Gasteiger partial charge < -0.3 is 10.6 Å². The monoisotopic (exact) mass is 224 g/mol. The van der Waals surface area contributed by atoms with Crippen molar-refractivity contribution in [3.05, 3.63) is 34.9 Å². The van der Waals surface area contributed by atoms with Gasteiger partial charge in [0.1, 0.15) is 0 Å². The number of rotatable bonds is 1. The van der Waals surface area contributed by atoms with Gasteiger partial charge in [-0.15, -0.1) is 0 Å². The molecule has 82 valence electrons. The molecular weight excluding hydrogens is 208 g/mol. The van der Waals surface area contributed by atoms with Crippen LogP contribution in [0.15, 0.2) is 24.3 Å². The molecular formula is C12H17ClN2. The molecule has 1 aromatic carbocycles. The van der Waals surface area contributed by atoms with Gasteiger partial charge in [-0.3, -0.25) is 0 Å². The van der Waals surface area contributed by atoms with Crippen molar-refractivity contribution in [1.29, 1.82) is 0 Å². The fraction of sp³-hybridized carbons (Fsp3) is 0.500. The first kappa shape index (κ1) is 10.9. The fourth-order valence-corrected chi connectivity index (χ4v) is 2.10. The second-order valence-corrected chi connectivity index (χ2v) is 4.39. The summed E-state index contributed by atoms with van der Waals surface area (Å²) in [6.45, 7) is 3.23. The summed E-state index contributed by atoms with van der Waals surface area (Å²) in [5.74, 6) is 0. The van der Waals surface area contributed by atoms with E-state index in [1.165, 1.54) is 18.4 Å². The standard InChI is InChI=1S/C12H17ClN2/c13-11-5-3-10(4-6-11)12-2-1-7-14-8-9-15-12/h3-6,12,14-15H,1-2,7-9H2/t12-/m1/s1. The summed E-state index contributed by atoms with van der Waals surface area (Å²) in [5.41, 5.74) is 1.35. The minimum atomic E-state index is 0.490. The summed E-state index contributed by atoms with van der Waals surface area (Å²) in [6.07, 6.45) is 2.41. The Morgan fingerprint density at radius 1 is 1.07 bits per heavy atom. The molecule has 2 rings (SSSR count). The van der Waals surface area contributed by atoms with E-state index in [9.17, 15) is 0 Å². The normalized spacial score (nSPS) is 23.1. The zero-order valence-corrected chi connectivity index (χ0v) is 9.56. The van der Waals surface area contributed by atoms with Crippen molar-refractivity contribution >= 4 is 11.6 Å². The summed E-state index contributed by atoms with van der Waals surface area (Å²) < 4.78 is 0. The maximum Gasteiger partial charge on any atom is 0.0406 e. The predicted octanol–water partition coefficient (Wildman–Crippen LogP) is 2.35. The summed E-state index contributed by atoms with van der Waals surface area (Å²) >= 11 is 5.88. The van der Waals surface area contributed by atoms with Crippen molar-refractivity contribution < 1.29 is 0 Å². The molecule has 15 heavy (non-hydrogen) atoms. The Kier molecular flexibility index (Phi) is 4.01. The Labute approximate surface area is 96.0 Å². The lowest BCUT2D eigenvalue weighted by molar-refractivity contribution is 0.437. The molecule has 0 aromatic heterocycles. The molecule has 1 aliphatic heterocycles. The summed E-state index contributed by atoms with van der Waals surface area (Å²) in [7, 11) is 0. The molecule has 1 atom stereocenters. The van der Waals surface area contributed by atoms with Crippen LogP contribution in [0.25, 0.3) is 0 Å². The van der Waals surface area contributed by atoms with E-state index in [-0.39, 0.29) is 0 Å². The molecule has 1 saturated heterocycles. The highest BCUT2D eigenvalue weighted by Gasteiger charge is 2.11. The van der Waals surface area contributed by atoms with Crippen LogP contribution in [-0.2, 0) is 0 Å². The van der Waals surface area contributed by atoms with Crippen LogP contribution in [0.5, 0.6) is 0 Å². The SMILES string of the molecule is Clc1ccc([C@H]2CCCNCCN2)cc1. The van der Waals surface area contributed by atoms with E-state index in [1.807, 2.05) is 12.1 Å². The smallest absolute Gasteiger partial charge is 0.0406 e. The third-order valence-electron chi connectivity index (χ3n) is 2.81. The number of hydrogen-bond acceptors (Lipinski definition) is 2. The third kappa shape index (κ3) is 3.20. The van der Waals surface area contributed by atoms with Gasteiger partial charge in [-0.25, -0.2) is 0 Å². The highest BCUT2D eigenvalue weighted by atomic mass is 35.5. The molecule has 1 fully saturated rings. The molecule has 1 heterocycles. The van der Waals surface area contributed by atoms with Gasteiger partial charge in [-0.05, 0) is 37.1 Å². The lowest BCUT2D eigenvalue weighted by atomic mass is 10.0. The van der Waals surface area contributed by atoms with Crippen molar-refractivity contribution in [2.45, 2.75) is 18.9 Å². The van der Waals surface area contributed by atoms with Gasteiger partial charge in [0.15, 0.2) is 0 Å². The van der Waals surface area contributed by atoms with Crippen LogP contribution < -0.4 is 10.6 Å². The number of hydrogen-bond donors (Lipinski definition) is 2. The van der Waals surface area contributed by atoms with Crippen LogP contribution in [0.3, 0.4) is 0 Å². The number of nitrogens with one attached hydrogen (secondary N) is 2. The highest BCUT2D eigenvalue weighted by molar-refractivity contribution is 6.30. The molecule has 0 aliphatic carbocycles. The van der Waals surface area contributed by atoms with Crippen LogP contribution in [0.4, 0.5) is 0 Å². The van der Waals surface area contributed by atoms with Crippen LogP contribution in [0.2, 0.25) is 5.02 Å². The zero-order chi connectivity index (χ0) is 10.5. The Morgan fingerprint density at radius 2 is 1.87 bits per heavy atom. The summed E-state index contributed by atoms with van der Waals surface area (Å²) in [5, 5.41) is 7.75. The molecule has 1 aromatic rings. The molecule has 1 aliphatic rings. The molecule has 2 N–H and O–H groups in total. The molecule has 0 amide bonds. The highest BCUT2D eigenvalue weighted by Crippen LogP contribution is 2.20. The quantitative estimate of drug-likeness (QED) is 0.766. The topological polar surface area (TPSA) is 24.1 Å². The van der Waals surface area contributed by atoms with Gasteiger partial charge in [0, 0.05) is 24.2 Å². The van der Waals surface area contributed by atoms with E-state index in [0.717, 1.165) is 24.7 Å². The molecule has 2 nitrogen and oxygen atoms in total. The van der Waals surface area contributed by atoms with E-state index in [0.29, 0.717) is 6.04 Å². The fourth-order valence-electron chi connectivity index (χ4n) is 1.97. The van der Waals surface area contributed by atoms with E-state index in [2.05, 4.69) is 22.8 Å². The first-order valence-corrected chi connectivity index (χ1v) is 5.93. The Bertz CT molecular complexity index is 289. The van der Waals surface area contributed by atoms with Gasteiger partial charge in [0.05, 0.1) is 0 Å². The van der Waals surface area contributed by atoms with Gasteiger partial charge in [-0.1, -0.05) is 23.7 Å². The minimum absolute atomic E-state index is 0.490. The van der Waals surface area contributed by atoms with E-state index in [1.54, 1.807) is 0 Å². The van der Waals surface area contributed by atoms with Crippen molar-refractivity contribution in [2.24, 2.45) is 0 Å². The van der Waals surface area contributed by atoms with Crippen molar-refractivity contribution in [1.82, 2.24) is 10.6 Å². The molecule has 0 saturated carbocycles. The van der Waals surface area contributed by atoms with Crippen molar-refractivity contribution in [3.63, 3.8) is 0 Å². The summed E-state index contributed by atoms with van der Waals surface area (Å²) in [4.78, 5) is 0. The van der Waals surface area contributed by atoms with Crippen LogP contribution >= 0.6 is 11.6 Å². The predicted molar refractivity (Wildman–Crippen MR) is 64.3 cm³/mol. The van der Waals surface area contributed by atoms with Crippen LogP contribution in [0.1, 0.15) is 24.4 Å². The van der Waals surface area contributed by atoms with Gasteiger partial charge in [0.25, 0.3) is 0 Å². The van der Waals surface area contributed by atoms with Crippen LogP contribution in [-0.4, -0.2) is 19.6 Å². The third-order valence-corrected chi connectivity index (χ3v) is 3.06. The number of halogens is 1. The van der Waals surface area contributed by atoms with Crippen LogP contribution in [0, 0.1) is 0 Å². The molecule has 0 unspecified atom stereocenters. The second kappa shape index (κ2) is 5.50. The zero-order valence-electron chi connectivity index (χ0n) is 8.80. The first-order valence-electron chi connectivity index (χ1n) is 5.56. The average Bonchev–Trinajstić information content (AvgIpc) is 2.19. The largest absolute Gasteiger partial charge is 0.315 e. The number of benzene rings is 1. The maximum absolute atomic E-state index is 5.88. The van der Waals surface area contributed by atoms with Gasteiger partial charge in [0.2, 0.25) is 0 Å². The average molecular weight is 225 g/mol. The Morgan fingerprint density at radius 3 is 2.67 bits per heavy atom. The van der Waals surface area contributed by atoms with Crippen molar-refractivity contribution in [3.8, 4) is 0 Å². The molecule has 0 spiro atoms. The van der Waals surface area contributed by atoms with Gasteiger partial charge >= 0.3 is 0 Å². The lowest BCUT2D eigenvalue weighted by Crippen LogP contribution is -2.34. The Balaban J connectivity index is 2.03. The van der Waals surface area contributed by atoms with E-state index in [4.69, 9.17) is 11.6 Å². The lowest BCUT2D eigenvalue weighted by Gasteiger charge is -2.22.